The zero-order valence-electron chi connectivity index (χ0n) is 37.8. The summed E-state index contributed by atoms with van der Waals surface area (Å²) < 4.78 is 2.24. The second-order valence-corrected chi connectivity index (χ2v) is 8.74. The van der Waals surface area contributed by atoms with Gasteiger partial charge in [0.2, 0.25) is 0 Å². The Kier molecular flexibility index (Phi) is 47.4. The molecule has 52 heavy (non-hydrogen) atoms. The number of benzene rings is 5. The van der Waals surface area contributed by atoms with Crippen LogP contribution in [-0.4, -0.2) is 4.57 Å². The Morgan fingerprint density at radius 2 is 0.596 bits per heavy atom. The van der Waals surface area contributed by atoms with Crippen LogP contribution in [-0.2, 0) is 13.5 Å². The first-order chi connectivity index (χ1) is 25.7. The predicted molar refractivity (Wildman–Crippen MR) is 248 cm³/mol. The number of rotatable bonds is 0. The van der Waals surface area contributed by atoms with E-state index in [-0.39, 0.29) is 0 Å². The van der Waals surface area contributed by atoms with Crippen LogP contribution in [0.4, 0.5) is 0 Å². The molecular weight excluding hydrogens is 627 g/mol. The lowest BCUT2D eigenvalue weighted by Gasteiger charge is -1.98. The minimum Gasteiger partial charge on any atom is -0.344 e. The van der Waals surface area contributed by atoms with Gasteiger partial charge in [-0.05, 0) is 47.7 Å². The maximum Gasteiger partial charge on any atom is 0.0488 e. The molecule has 0 aliphatic heterocycles. The van der Waals surface area contributed by atoms with Gasteiger partial charge in [-0.3, -0.25) is 0 Å². The monoisotopic (exact) mass is 710 g/mol. The van der Waals surface area contributed by atoms with E-state index in [2.05, 4.69) is 128 Å². The molecule has 0 unspecified atom stereocenters. The molecule has 6 aromatic rings. The topological polar surface area (TPSA) is 4.93 Å². The first-order valence-corrected chi connectivity index (χ1v) is 20.8. The van der Waals surface area contributed by atoms with Gasteiger partial charge in [0.05, 0.1) is 0 Å². The van der Waals surface area contributed by atoms with Crippen molar-refractivity contribution >= 4 is 21.8 Å². The molecule has 0 radical (unpaired) electrons. The lowest BCUT2D eigenvalue weighted by atomic mass is 10.1. The number of aromatic nitrogens is 1. The predicted octanol–water partition coefficient (Wildman–Crippen LogP) is 17.8. The van der Waals surface area contributed by atoms with Crippen molar-refractivity contribution in [1.82, 2.24) is 4.57 Å². The molecule has 5 aromatic carbocycles. The van der Waals surface area contributed by atoms with Gasteiger partial charge in [0, 0.05) is 28.9 Å². The third-order valence-corrected chi connectivity index (χ3v) is 6.47. The van der Waals surface area contributed by atoms with E-state index in [1.165, 1.54) is 49.6 Å². The van der Waals surface area contributed by atoms with Crippen LogP contribution in [0.1, 0.15) is 141 Å². The summed E-state index contributed by atoms with van der Waals surface area (Å²) >= 11 is 0. The van der Waals surface area contributed by atoms with Crippen LogP contribution < -0.4 is 0 Å². The van der Waals surface area contributed by atoms with Gasteiger partial charge < -0.3 is 4.57 Å². The minimum atomic E-state index is 1.10. The third kappa shape index (κ3) is 20.1. The van der Waals surface area contributed by atoms with E-state index < -0.39 is 0 Å². The summed E-state index contributed by atoms with van der Waals surface area (Å²) in [5.74, 6) is 0. The summed E-state index contributed by atoms with van der Waals surface area (Å²) in [5, 5.41) is 2.68. The molecular formula is C51H83N. The molecule has 0 amide bonds. The summed E-state index contributed by atoms with van der Waals surface area (Å²) in [6.07, 6.45) is 1.10. The molecule has 0 fully saturated rings. The van der Waals surface area contributed by atoms with Crippen LogP contribution in [0.3, 0.4) is 0 Å². The molecule has 0 bridgehead atoms. The van der Waals surface area contributed by atoms with Gasteiger partial charge in [0.25, 0.3) is 0 Å². The second-order valence-electron chi connectivity index (χ2n) is 8.74. The molecule has 7 rings (SSSR count). The van der Waals surface area contributed by atoms with E-state index in [0.717, 1.165) is 6.42 Å². The Morgan fingerprint density at radius 3 is 0.904 bits per heavy atom. The molecule has 1 nitrogen and oxygen atoms in total. The van der Waals surface area contributed by atoms with Crippen LogP contribution in [0, 0.1) is 6.92 Å². The molecule has 0 spiro atoms. The van der Waals surface area contributed by atoms with E-state index in [0.29, 0.717) is 0 Å². The SMILES string of the molecule is CC.CC.CC.CC.CC.CC.CC.CC.CC.Cc1ccccc1.Cn1c2ccccc2c2ccccc21.c1ccc2c(c1)Cc1ccccc1-2. The van der Waals surface area contributed by atoms with Crippen LogP contribution in [0.5, 0.6) is 0 Å². The average Bonchev–Trinajstić information content (AvgIpc) is 3.80. The van der Waals surface area contributed by atoms with E-state index in [1.807, 2.05) is 143 Å². The van der Waals surface area contributed by atoms with E-state index in [1.54, 1.807) is 0 Å². The van der Waals surface area contributed by atoms with Crippen molar-refractivity contribution in [2.45, 2.75) is 138 Å². The third-order valence-electron chi connectivity index (χ3n) is 6.47. The van der Waals surface area contributed by atoms with Crippen molar-refractivity contribution in [3.63, 3.8) is 0 Å². The van der Waals surface area contributed by atoms with Gasteiger partial charge in [-0.2, -0.15) is 0 Å². The lowest BCUT2D eigenvalue weighted by molar-refractivity contribution is 1.01. The zero-order chi connectivity index (χ0) is 41.3. The Bertz CT molecular complexity index is 1440. The highest BCUT2D eigenvalue weighted by Crippen LogP contribution is 2.35. The molecule has 0 saturated heterocycles. The van der Waals surface area contributed by atoms with Gasteiger partial charge >= 0.3 is 0 Å². The molecule has 0 saturated carbocycles. The number of hydrogen-bond donors (Lipinski definition) is 0. The fraction of sp³-hybridized carbons (Fsp3) is 0.412. The molecule has 0 atom stereocenters. The Balaban J connectivity index is -0.000000179. The van der Waals surface area contributed by atoms with E-state index in [4.69, 9.17) is 0 Å². The summed E-state index contributed by atoms with van der Waals surface area (Å²) in [6.45, 7) is 38.1. The Labute approximate surface area is 325 Å². The first kappa shape index (κ1) is 57.2. The van der Waals surface area contributed by atoms with Crippen molar-refractivity contribution in [2.24, 2.45) is 7.05 Å². The highest BCUT2D eigenvalue weighted by Gasteiger charge is 2.15. The number of nitrogens with zero attached hydrogens (tertiary/aromatic N) is 1. The van der Waals surface area contributed by atoms with Crippen molar-refractivity contribution < 1.29 is 0 Å². The maximum atomic E-state index is 2.24. The molecule has 1 heteroatoms. The number of hydrogen-bond acceptors (Lipinski definition) is 0. The fourth-order valence-corrected chi connectivity index (χ4v) is 4.73. The first-order valence-electron chi connectivity index (χ1n) is 20.8. The van der Waals surface area contributed by atoms with Gasteiger partial charge in [-0.15, -0.1) is 0 Å². The quantitative estimate of drug-likeness (QED) is 0.148. The Morgan fingerprint density at radius 1 is 0.327 bits per heavy atom. The fourth-order valence-electron chi connectivity index (χ4n) is 4.73. The van der Waals surface area contributed by atoms with Crippen LogP contribution in [0.2, 0.25) is 0 Å². The summed E-state index contributed by atoms with van der Waals surface area (Å²) in [5.41, 5.74) is 9.67. The van der Waals surface area contributed by atoms with Gasteiger partial charge in [-0.1, -0.05) is 245 Å². The van der Waals surface area contributed by atoms with Crippen molar-refractivity contribution in [3.8, 4) is 11.1 Å². The van der Waals surface area contributed by atoms with E-state index in [9.17, 15) is 0 Å². The number of fused-ring (bicyclic) bond motifs is 6. The minimum absolute atomic E-state index is 1.10. The normalized spacial score (nSPS) is 8.31. The zero-order valence-corrected chi connectivity index (χ0v) is 37.8. The number of aryl methyl sites for hydroxylation is 2. The molecule has 1 aliphatic carbocycles. The van der Waals surface area contributed by atoms with Crippen molar-refractivity contribution in [2.75, 3.05) is 0 Å². The number of para-hydroxylation sites is 2. The van der Waals surface area contributed by atoms with Crippen LogP contribution in [0.15, 0.2) is 127 Å². The van der Waals surface area contributed by atoms with Gasteiger partial charge in [-0.25, -0.2) is 0 Å². The summed E-state index contributed by atoms with van der Waals surface area (Å²) in [4.78, 5) is 0. The maximum absolute atomic E-state index is 2.24. The lowest BCUT2D eigenvalue weighted by Crippen LogP contribution is -1.84. The van der Waals surface area contributed by atoms with Crippen LogP contribution in [0.25, 0.3) is 32.9 Å². The van der Waals surface area contributed by atoms with Crippen molar-refractivity contribution in [3.05, 3.63) is 144 Å². The molecule has 292 valence electrons. The van der Waals surface area contributed by atoms with Crippen LogP contribution >= 0.6 is 0 Å². The molecule has 1 aliphatic rings. The highest BCUT2D eigenvalue weighted by atomic mass is 14.9. The van der Waals surface area contributed by atoms with Crippen molar-refractivity contribution in [1.29, 1.82) is 0 Å². The molecule has 1 aromatic heterocycles. The van der Waals surface area contributed by atoms with Gasteiger partial charge in [0.15, 0.2) is 0 Å². The van der Waals surface area contributed by atoms with E-state index >= 15 is 0 Å². The Hall–Kier alpha value is -4.10. The summed E-state index contributed by atoms with van der Waals surface area (Å²) in [7, 11) is 2.12. The molecule has 0 N–H and O–H groups in total. The standard InChI is InChI=1S/C13H11N.C13H10.C7H8.9C2H6/c1-14-12-8-4-2-6-10(12)11-7-3-5-9-13(11)14;1-3-7-12-10(5-1)9-11-6-2-4-8-13(11)12;1-7-5-3-2-4-6-7;9*1-2/h2-9H,1H3;1-8H,9H2;2-6H,1H3;9*1-2H3. The largest absolute Gasteiger partial charge is 0.344 e. The summed E-state index contributed by atoms with van der Waals surface area (Å²) in [6, 6.07) is 44.6. The molecule has 1 heterocycles. The smallest absolute Gasteiger partial charge is 0.0488 e. The van der Waals surface area contributed by atoms with Gasteiger partial charge in [0.1, 0.15) is 0 Å². The second kappa shape index (κ2) is 43.1. The highest BCUT2D eigenvalue weighted by molar-refractivity contribution is 6.07. The average molecular weight is 710 g/mol.